The highest BCUT2D eigenvalue weighted by Crippen LogP contribution is 2.28. The van der Waals surface area contributed by atoms with Crippen molar-refractivity contribution in [1.82, 2.24) is 0 Å². The highest BCUT2D eigenvalue weighted by atomic mass is 16.5. The van der Waals surface area contributed by atoms with Crippen LogP contribution in [-0.2, 0) is 10.2 Å². The van der Waals surface area contributed by atoms with Crippen molar-refractivity contribution in [3.8, 4) is 17.2 Å². The van der Waals surface area contributed by atoms with E-state index in [0.29, 0.717) is 23.5 Å². The molecule has 0 spiro atoms. The molecule has 0 unspecified atom stereocenters. The van der Waals surface area contributed by atoms with Gasteiger partial charge < -0.3 is 18.6 Å². The average molecular weight is 515 g/mol. The number of hydrogen-bond acceptors (Lipinski definition) is 7. The van der Waals surface area contributed by atoms with Gasteiger partial charge >= 0.3 is 11.9 Å². The van der Waals surface area contributed by atoms with E-state index in [9.17, 15) is 14.4 Å². The van der Waals surface area contributed by atoms with E-state index in [1.54, 1.807) is 43.3 Å². The standard InChI is InChI=1S/C31H30O7/c1-6-17-35-29(33)20-9-13-23(14-10-20)37-28-19(2)36-26-18-24(15-16-25(26)27(28)32)38-30(34)21-7-11-22(12-8-21)31(3,4)5/h7-16,18H,6,17H2,1-5H3. The Bertz CT molecular complexity index is 1520. The Morgan fingerprint density at radius 1 is 0.842 bits per heavy atom. The molecule has 4 rings (SSSR count). The number of rotatable bonds is 7. The highest BCUT2D eigenvalue weighted by molar-refractivity contribution is 5.92. The fourth-order valence-electron chi connectivity index (χ4n) is 3.78. The monoisotopic (exact) mass is 514 g/mol. The molecule has 0 saturated heterocycles. The molecule has 196 valence electrons. The molecule has 0 aliphatic rings. The molecule has 0 radical (unpaired) electrons. The summed E-state index contributed by atoms with van der Waals surface area (Å²) in [7, 11) is 0. The molecule has 0 fully saturated rings. The first-order chi connectivity index (χ1) is 18.1. The minimum Gasteiger partial charge on any atom is -0.462 e. The van der Waals surface area contributed by atoms with Crippen molar-refractivity contribution >= 4 is 22.9 Å². The van der Waals surface area contributed by atoms with E-state index in [1.807, 2.05) is 19.1 Å². The quantitative estimate of drug-likeness (QED) is 0.194. The van der Waals surface area contributed by atoms with Gasteiger partial charge in [0.05, 0.1) is 23.1 Å². The normalized spacial score (nSPS) is 11.3. The molecular formula is C31H30O7. The Kier molecular flexibility index (Phi) is 7.67. The number of carbonyl (C=O) groups is 2. The molecule has 0 saturated carbocycles. The number of aryl methyl sites for hydroxylation is 1. The van der Waals surface area contributed by atoms with Crippen LogP contribution in [0.2, 0.25) is 0 Å². The minimum atomic E-state index is -0.508. The van der Waals surface area contributed by atoms with E-state index in [4.69, 9.17) is 18.6 Å². The van der Waals surface area contributed by atoms with Gasteiger partial charge in [0.2, 0.25) is 11.2 Å². The predicted octanol–water partition coefficient (Wildman–Crippen LogP) is 6.98. The van der Waals surface area contributed by atoms with E-state index in [1.165, 1.54) is 18.2 Å². The maximum Gasteiger partial charge on any atom is 0.343 e. The molecule has 0 bridgehead atoms. The maximum absolute atomic E-state index is 13.1. The van der Waals surface area contributed by atoms with Crippen LogP contribution in [0.25, 0.3) is 11.0 Å². The summed E-state index contributed by atoms with van der Waals surface area (Å²) in [5.41, 5.74) is 1.79. The van der Waals surface area contributed by atoms with Crippen LogP contribution in [0, 0.1) is 6.92 Å². The third-order valence-corrected chi connectivity index (χ3v) is 5.93. The van der Waals surface area contributed by atoms with E-state index in [-0.39, 0.29) is 39.1 Å². The second kappa shape index (κ2) is 10.9. The van der Waals surface area contributed by atoms with Gasteiger partial charge in [-0.05, 0) is 72.9 Å². The van der Waals surface area contributed by atoms with Crippen LogP contribution < -0.4 is 14.9 Å². The largest absolute Gasteiger partial charge is 0.462 e. The molecule has 0 aliphatic heterocycles. The molecule has 1 heterocycles. The van der Waals surface area contributed by atoms with Gasteiger partial charge in [0, 0.05) is 6.07 Å². The lowest BCUT2D eigenvalue weighted by Crippen LogP contribution is -2.13. The fraction of sp³-hybridized carbons (Fsp3) is 0.258. The third-order valence-electron chi connectivity index (χ3n) is 5.93. The second-order valence-corrected chi connectivity index (χ2v) is 9.95. The number of hydrogen-bond donors (Lipinski definition) is 0. The van der Waals surface area contributed by atoms with Crippen molar-refractivity contribution in [3.05, 3.63) is 99.4 Å². The number of benzene rings is 3. The molecule has 1 aromatic heterocycles. The lowest BCUT2D eigenvalue weighted by molar-refractivity contribution is 0.0504. The smallest absolute Gasteiger partial charge is 0.343 e. The van der Waals surface area contributed by atoms with Gasteiger partial charge in [-0.1, -0.05) is 39.8 Å². The van der Waals surface area contributed by atoms with Gasteiger partial charge in [0.1, 0.15) is 22.8 Å². The molecule has 7 heteroatoms. The summed E-state index contributed by atoms with van der Waals surface area (Å²) in [6, 6.07) is 18.2. The molecular weight excluding hydrogens is 484 g/mol. The zero-order valence-corrected chi connectivity index (χ0v) is 22.1. The zero-order chi connectivity index (χ0) is 27.4. The number of fused-ring (bicyclic) bond motifs is 1. The van der Waals surface area contributed by atoms with E-state index in [0.717, 1.165) is 12.0 Å². The maximum atomic E-state index is 13.1. The van der Waals surface area contributed by atoms with E-state index in [2.05, 4.69) is 20.8 Å². The van der Waals surface area contributed by atoms with Crippen molar-refractivity contribution in [2.45, 2.75) is 46.5 Å². The molecule has 0 amide bonds. The topological polar surface area (TPSA) is 92.0 Å². The van der Waals surface area contributed by atoms with Crippen LogP contribution >= 0.6 is 0 Å². The van der Waals surface area contributed by atoms with Crippen LogP contribution in [0.3, 0.4) is 0 Å². The molecule has 0 aliphatic carbocycles. The van der Waals surface area contributed by atoms with Gasteiger partial charge in [0.15, 0.2) is 0 Å². The fourth-order valence-corrected chi connectivity index (χ4v) is 3.78. The molecule has 7 nitrogen and oxygen atoms in total. The van der Waals surface area contributed by atoms with Crippen molar-refractivity contribution in [1.29, 1.82) is 0 Å². The van der Waals surface area contributed by atoms with Crippen LogP contribution in [0.4, 0.5) is 0 Å². The van der Waals surface area contributed by atoms with Crippen LogP contribution in [0.15, 0.2) is 75.9 Å². The summed E-state index contributed by atoms with van der Waals surface area (Å²) >= 11 is 0. The van der Waals surface area contributed by atoms with Crippen molar-refractivity contribution in [3.63, 3.8) is 0 Å². The minimum absolute atomic E-state index is 0.0234. The Labute approximate surface area is 221 Å². The van der Waals surface area contributed by atoms with Gasteiger partial charge in [-0.3, -0.25) is 4.79 Å². The SMILES string of the molecule is CCCOC(=O)c1ccc(Oc2c(C)oc3cc(OC(=O)c4ccc(C(C)(C)C)cc4)ccc3c2=O)cc1. The first-order valence-corrected chi connectivity index (χ1v) is 12.4. The van der Waals surface area contributed by atoms with Gasteiger partial charge in [-0.15, -0.1) is 0 Å². The van der Waals surface area contributed by atoms with Gasteiger partial charge in [-0.2, -0.15) is 0 Å². The first kappa shape index (κ1) is 26.7. The number of ether oxygens (including phenoxy) is 3. The van der Waals surface area contributed by atoms with Crippen molar-refractivity contribution in [2.24, 2.45) is 0 Å². The summed E-state index contributed by atoms with van der Waals surface area (Å²) < 4.78 is 22.3. The summed E-state index contributed by atoms with van der Waals surface area (Å²) in [5.74, 6) is -0.0132. The zero-order valence-electron chi connectivity index (χ0n) is 22.1. The van der Waals surface area contributed by atoms with E-state index < -0.39 is 11.9 Å². The first-order valence-electron chi connectivity index (χ1n) is 12.4. The van der Waals surface area contributed by atoms with Crippen molar-refractivity contribution < 1.29 is 28.2 Å². The van der Waals surface area contributed by atoms with Gasteiger partial charge in [0.25, 0.3) is 0 Å². The Hall–Kier alpha value is -4.39. The number of esters is 2. The highest BCUT2D eigenvalue weighted by Gasteiger charge is 2.18. The predicted molar refractivity (Wildman–Crippen MR) is 144 cm³/mol. The summed E-state index contributed by atoms with van der Waals surface area (Å²) in [5, 5.41) is 0.277. The summed E-state index contributed by atoms with van der Waals surface area (Å²) in [6.45, 7) is 10.2. The Morgan fingerprint density at radius 2 is 1.45 bits per heavy atom. The average Bonchev–Trinajstić information content (AvgIpc) is 2.89. The molecule has 0 atom stereocenters. The van der Waals surface area contributed by atoms with Crippen LogP contribution in [-0.4, -0.2) is 18.5 Å². The molecule has 3 aromatic carbocycles. The summed E-state index contributed by atoms with van der Waals surface area (Å²) in [6.07, 6.45) is 0.735. The lowest BCUT2D eigenvalue weighted by Gasteiger charge is -2.18. The summed E-state index contributed by atoms with van der Waals surface area (Å²) in [4.78, 5) is 37.8. The van der Waals surface area contributed by atoms with Crippen LogP contribution in [0.5, 0.6) is 17.2 Å². The van der Waals surface area contributed by atoms with Gasteiger partial charge in [-0.25, -0.2) is 9.59 Å². The Morgan fingerprint density at radius 3 is 2.08 bits per heavy atom. The van der Waals surface area contributed by atoms with E-state index >= 15 is 0 Å². The number of carbonyl (C=O) groups excluding carboxylic acids is 2. The molecule has 38 heavy (non-hydrogen) atoms. The van der Waals surface area contributed by atoms with Crippen LogP contribution in [0.1, 0.15) is 66.2 Å². The lowest BCUT2D eigenvalue weighted by atomic mass is 9.87. The molecule has 0 N–H and O–H groups in total. The second-order valence-electron chi connectivity index (χ2n) is 9.95. The Balaban J connectivity index is 1.52. The third kappa shape index (κ3) is 5.94. The molecule has 4 aromatic rings. The van der Waals surface area contributed by atoms with Crippen molar-refractivity contribution in [2.75, 3.05) is 6.61 Å².